The molecule has 2 aromatic rings. The average molecular weight is 456 g/mol. The molecule has 2 aromatic carbocycles. The highest BCUT2D eigenvalue weighted by Crippen LogP contribution is 2.49. The van der Waals surface area contributed by atoms with Crippen molar-refractivity contribution >= 4 is 40.7 Å². The van der Waals surface area contributed by atoms with Gasteiger partial charge in [0, 0.05) is 28.1 Å². The molecule has 0 aliphatic carbocycles. The lowest BCUT2D eigenvalue weighted by Crippen LogP contribution is -2.42. The maximum absolute atomic E-state index is 13.9. The molecule has 1 heterocycles. The van der Waals surface area contributed by atoms with Gasteiger partial charge in [0.05, 0.1) is 10.6 Å². The number of alkyl halides is 3. The second-order valence-electron chi connectivity index (χ2n) is 6.31. The van der Waals surface area contributed by atoms with E-state index >= 15 is 0 Å². The van der Waals surface area contributed by atoms with E-state index in [1.807, 2.05) is 0 Å². The number of halogens is 5. The third-order valence-electron chi connectivity index (χ3n) is 4.34. The van der Waals surface area contributed by atoms with Crippen molar-refractivity contribution in [2.75, 3.05) is 0 Å². The van der Waals surface area contributed by atoms with Gasteiger partial charge >= 0.3 is 6.18 Å². The average Bonchev–Trinajstić information content (AvgIpc) is 3.11. The molecule has 0 bridgehead atoms. The largest absolute Gasteiger partial charge is 0.435 e. The van der Waals surface area contributed by atoms with Gasteiger partial charge in [-0.05, 0) is 35.9 Å². The van der Waals surface area contributed by atoms with E-state index in [1.165, 1.54) is 30.4 Å². The van der Waals surface area contributed by atoms with Gasteiger partial charge in [-0.3, -0.25) is 10.1 Å². The van der Waals surface area contributed by atoms with Crippen LogP contribution < -0.4 is 0 Å². The first-order chi connectivity index (χ1) is 14.1. The fraction of sp³-hybridized carbons (Fsp3) is 0.158. The molecular formula is C19H10Cl2F3N3O3. The number of hydrogen-bond donors (Lipinski definition) is 0. The van der Waals surface area contributed by atoms with Crippen LogP contribution in [0.3, 0.4) is 0 Å². The molecule has 1 aliphatic rings. The minimum Gasteiger partial charge on any atom is -0.374 e. The molecule has 1 aliphatic heterocycles. The molecule has 1 atom stereocenters. The normalized spacial score (nSPS) is 18.7. The quantitative estimate of drug-likeness (QED) is 0.416. The SMILES string of the molecule is N#Cc1ccc(/C=C/C2=NOC(c3cc(Cl)cc(Cl)c3)(C(F)(F)F)C2)cc1[N+](=O)[O-]. The molecule has 1 unspecified atom stereocenters. The molecule has 11 heteroatoms. The predicted molar refractivity (Wildman–Crippen MR) is 104 cm³/mol. The van der Waals surface area contributed by atoms with Crippen LogP contribution in [0.15, 0.2) is 47.6 Å². The molecule has 0 saturated carbocycles. The van der Waals surface area contributed by atoms with Crippen molar-refractivity contribution in [2.45, 2.75) is 18.2 Å². The Kier molecular flexibility index (Phi) is 5.74. The highest BCUT2D eigenvalue weighted by atomic mass is 35.5. The number of oxime groups is 1. The van der Waals surface area contributed by atoms with Crippen molar-refractivity contribution in [2.24, 2.45) is 5.16 Å². The van der Waals surface area contributed by atoms with Crippen LogP contribution in [0.5, 0.6) is 0 Å². The smallest absolute Gasteiger partial charge is 0.374 e. The van der Waals surface area contributed by atoms with Crippen LogP contribution in [0, 0.1) is 21.4 Å². The van der Waals surface area contributed by atoms with E-state index in [4.69, 9.17) is 33.3 Å². The number of nitriles is 1. The Morgan fingerprint density at radius 1 is 1.20 bits per heavy atom. The maximum atomic E-state index is 13.9. The minimum absolute atomic E-state index is 0.0126. The molecule has 154 valence electrons. The van der Waals surface area contributed by atoms with Gasteiger partial charge in [-0.15, -0.1) is 0 Å². The Labute approximate surface area is 177 Å². The maximum Gasteiger partial charge on any atom is 0.435 e. The van der Waals surface area contributed by atoms with Crippen molar-refractivity contribution in [3.05, 3.63) is 79.3 Å². The van der Waals surface area contributed by atoms with Gasteiger partial charge in [-0.25, -0.2) is 0 Å². The van der Waals surface area contributed by atoms with E-state index in [9.17, 15) is 23.3 Å². The van der Waals surface area contributed by atoms with E-state index in [-0.39, 0.29) is 26.9 Å². The number of benzene rings is 2. The number of rotatable bonds is 4. The summed E-state index contributed by atoms with van der Waals surface area (Å²) in [6, 6.07) is 9.01. The Morgan fingerprint density at radius 3 is 2.43 bits per heavy atom. The standard InChI is InChI=1S/C19H10Cl2F3N3O3/c20-14-6-13(7-15(21)8-14)18(19(22,23)24)9-16(26-30-18)4-2-11-1-3-12(10-25)17(5-11)27(28)29/h1-8H,9H2/b4-2+. The third-order valence-corrected chi connectivity index (χ3v) is 4.78. The van der Waals surface area contributed by atoms with Crippen molar-refractivity contribution in [1.29, 1.82) is 5.26 Å². The fourth-order valence-electron chi connectivity index (χ4n) is 2.89. The summed E-state index contributed by atoms with van der Waals surface area (Å²) in [5.41, 5.74) is -3.35. The van der Waals surface area contributed by atoms with Crippen molar-refractivity contribution < 1.29 is 22.9 Å². The fourth-order valence-corrected chi connectivity index (χ4v) is 3.42. The Morgan fingerprint density at radius 2 is 1.87 bits per heavy atom. The van der Waals surface area contributed by atoms with E-state index < -0.39 is 28.8 Å². The van der Waals surface area contributed by atoms with Crippen LogP contribution in [0.1, 0.15) is 23.1 Å². The summed E-state index contributed by atoms with van der Waals surface area (Å²) in [7, 11) is 0. The Balaban J connectivity index is 1.91. The van der Waals surface area contributed by atoms with Gasteiger partial charge in [0.1, 0.15) is 11.6 Å². The van der Waals surface area contributed by atoms with Crippen LogP contribution in [0.2, 0.25) is 10.0 Å². The summed E-state index contributed by atoms with van der Waals surface area (Å²) in [6.07, 6.45) is -2.88. The highest BCUT2D eigenvalue weighted by molar-refractivity contribution is 6.34. The van der Waals surface area contributed by atoms with E-state index in [1.54, 1.807) is 6.07 Å². The predicted octanol–water partition coefficient (Wildman–Crippen LogP) is 6.02. The summed E-state index contributed by atoms with van der Waals surface area (Å²) < 4.78 is 41.7. The highest BCUT2D eigenvalue weighted by Gasteiger charge is 2.62. The molecule has 0 radical (unpaired) electrons. The molecule has 0 amide bonds. The van der Waals surface area contributed by atoms with Crippen molar-refractivity contribution in [3.63, 3.8) is 0 Å². The number of nitro groups is 1. The van der Waals surface area contributed by atoms with Gasteiger partial charge in [-0.2, -0.15) is 18.4 Å². The summed E-state index contributed by atoms with van der Waals surface area (Å²) in [4.78, 5) is 15.2. The van der Waals surface area contributed by atoms with Crippen molar-refractivity contribution in [3.8, 4) is 6.07 Å². The van der Waals surface area contributed by atoms with Gasteiger partial charge in [-0.1, -0.05) is 40.5 Å². The summed E-state index contributed by atoms with van der Waals surface area (Å²) in [5, 5.41) is 23.5. The zero-order valence-corrected chi connectivity index (χ0v) is 16.3. The zero-order valence-electron chi connectivity index (χ0n) is 14.8. The number of nitro benzene ring substituents is 1. The third kappa shape index (κ3) is 4.10. The second kappa shape index (κ2) is 7.97. The van der Waals surface area contributed by atoms with Crippen LogP contribution in [0.4, 0.5) is 18.9 Å². The lowest BCUT2D eigenvalue weighted by Gasteiger charge is -2.29. The molecular weight excluding hydrogens is 446 g/mol. The topological polar surface area (TPSA) is 88.5 Å². The lowest BCUT2D eigenvalue weighted by atomic mass is 9.88. The Bertz CT molecular complexity index is 1110. The van der Waals surface area contributed by atoms with Gasteiger partial charge < -0.3 is 4.84 Å². The number of hydrogen-bond acceptors (Lipinski definition) is 5. The van der Waals surface area contributed by atoms with Gasteiger partial charge in [0.25, 0.3) is 11.3 Å². The van der Waals surface area contributed by atoms with Crippen molar-refractivity contribution in [1.82, 2.24) is 0 Å². The van der Waals surface area contributed by atoms with E-state index in [0.29, 0.717) is 5.56 Å². The molecule has 0 saturated heterocycles. The lowest BCUT2D eigenvalue weighted by molar-refractivity contribution is -0.385. The molecule has 0 spiro atoms. The molecule has 30 heavy (non-hydrogen) atoms. The first kappa shape index (κ1) is 21.6. The summed E-state index contributed by atoms with van der Waals surface area (Å²) in [5.74, 6) is 0. The number of nitrogens with zero attached hydrogens (tertiary/aromatic N) is 3. The molecule has 0 aromatic heterocycles. The molecule has 0 N–H and O–H groups in total. The molecule has 6 nitrogen and oxygen atoms in total. The molecule has 3 rings (SSSR count). The second-order valence-corrected chi connectivity index (χ2v) is 7.19. The first-order valence-electron chi connectivity index (χ1n) is 8.21. The summed E-state index contributed by atoms with van der Waals surface area (Å²) >= 11 is 11.7. The van der Waals surface area contributed by atoms with Gasteiger partial charge in [0.15, 0.2) is 0 Å². The molecule has 0 fully saturated rings. The summed E-state index contributed by atoms with van der Waals surface area (Å²) in [6.45, 7) is 0. The van der Waals surface area contributed by atoms with Crippen LogP contribution >= 0.6 is 23.2 Å². The number of allylic oxidation sites excluding steroid dienone is 1. The van der Waals surface area contributed by atoms with E-state index in [0.717, 1.165) is 18.2 Å². The zero-order chi connectivity index (χ0) is 22.1. The van der Waals surface area contributed by atoms with Crippen LogP contribution in [-0.2, 0) is 10.4 Å². The van der Waals surface area contributed by atoms with Gasteiger partial charge in [0.2, 0.25) is 0 Å². The Hall–Kier alpha value is -3.09. The minimum atomic E-state index is -4.83. The van der Waals surface area contributed by atoms with Crippen LogP contribution in [-0.4, -0.2) is 16.8 Å². The first-order valence-corrected chi connectivity index (χ1v) is 8.96. The van der Waals surface area contributed by atoms with Crippen LogP contribution in [0.25, 0.3) is 6.08 Å². The monoisotopic (exact) mass is 455 g/mol. The van der Waals surface area contributed by atoms with E-state index in [2.05, 4.69) is 5.16 Å².